The summed E-state index contributed by atoms with van der Waals surface area (Å²) in [5.41, 5.74) is 2.72. The maximum Gasteiger partial charge on any atom is 0.304 e. The first-order valence-electron chi connectivity index (χ1n) is 9.08. The lowest BCUT2D eigenvalue weighted by Gasteiger charge is -2.21. The molecule has 0 saturated carbocycles. The van der Waals surface area contributed by atoms with E-state index in [2.05, 4.69) is 4.98 Å². The molecule has 0 spiro atoms. The maximum absolute atomic E-state index is 13.1. The predicted molar refractivity (Wildman–Crippen MR) is 117 cm³/mol. The zero-order chi connectivity index (χ0) is 21.7. The second kappa shape index (κ2) is 9.53. The highest BCUT2D eigenvalue weighted by molar-refractivity contribution is 7.14. The molecule has 0 aliphatic rings. The van der Waals surface area contributed by atoms with Gasteiger partial charge in [-0.25, -0.2) is 4.98 Å². The molecule has 0 saturated heterocycles. The fourth-order valence-electron chi connectivity index (χ4n) is 3.04. The molecule has 1 atom stereocenters. The summed E-state index contributed by atoms with van der Waals surface area (Å²) in [4.78, 5) is 30.3. The third-order valence-corrected chi connectivity index (χ3v) is 5.84. The summed E-state index contributed by atoms with van der Waals surface area (Å²) in [6.45, 7) is 0. The monoisotopic (exact) mass is 439 g/mol. The summed E-state index contributed by atoms with van der Waals surface area (Å²) in [6.07, 6.45) is -0.0458. The molecule has 1 heterocycles. The van der Waals surface area contributed by atoms with Crippen LogP contribution in [0.5, 0.6) is 0 Å². The Kier molecular flexibility index (Phi) is 6.83. The topological polar surface area (TPSA) is 94.3 Å². The highest BCUT2D eigenvalue weighted by Gasteiger charge is 2.27. The second-order valence-corrected chi connectivity index (χ2v) is 7.94. The summed E-state index contributed by atoms with van der Waals surface area (Å²) >= 11 is 7.52. The van der Waals surface area contributed by atoms with Gasteiger partial charge in [0.25, 0.3) is 0 Å². The van der Waals surface area contributed by atoms with Gasteiger partial charge in [0.1, 0.15) is 0 Å². The quantitative estimate of drug-likeness (QED) is 0.579. The van der Waals surface area contributed by atoms with E-state index in [4.69, 9.17) is 16.9 Å². The van der Waals surface area contributed by atoms with E-state index in [1.807, 2.05) is 29.6 Å². The van der Waals surface area contributed by atoms with Crippen LogP contribution in [0.15, 0.2) is 53.9 Å². The van der Waals surface area contributed by atoms with E-state index in [1.54, 1.807) is 37.4 Å². The van der Waals surface area contributed by atoms with Crippen molar-refractivity contribution in [2.45, 2.75) is 12.8 Å². The van der Waals surface area contributed by atoms with E-state index >= 15 is 0 Å². The Morgan fingerprint density at radius 1 is 1.23 bits per heavy atom. The summed E-state index contributed by atoms with van der Waals surface area (Å²) < 4.78 is 0. The van der Waals surface area contributed by atoms with E-state index in [-0.39, 0.29) is 18.7 Å². The standard InChI is InChI=1S/C22H18ClN3O3S/c1-26(22-25-19(13-30-22)17-4-2-3-5-18(17)23)21(29)16(11-20(27)28)10-14-6-8-15(12-24)9-7-14/h2-9,13,16H,10-11H2,1H3,(H,27,28). The molecular weight excluding hydrogens is 422 g/mol. The van der Waals surface area contributed by atoms with Gasteiger partial charge in [0.2, 0.25) is 5.91 Å². The van der Waals surface area contributed by atoms with Crippen molar-refractivity contribution in [1.82, 2.24) is 4.98 Å². The molecule has 1 amide bonds. The summed E-state index contributed by atoms with van der Waals surface area (Å²) in [7, 11) is 1.59. The van der Waals surface area contributed by atoms with E-state index in [9.17, 15) is 14.7 Å². The number of thiazole rings is 1. The lowest BCUT2D eigenvalue weighted by atomic mass is 9.94. The van der Waals surface area contributed by atoms with Crippen LogP contribution in [0.4, 0.5) is 5.13 Å². The largest absolute Gasteiger partial charge is 0.481 e. The fraction of sp³-hybridized carbons (Fsp3) is 0.182. The van der Waals surface area contributed by atoms with Gasteiger partial charge in [-0.2, -0.15) is 5.26 Å². The first-order valence-corrected chi connectivity index (χ1v) is 10.3. The van der Waals surface area contributed by atoms with Gasteiger partial charge in [0.05, 0.1) is 29.7 Å². The number of rotatable bonds is 7. The summed E-state index contributed by atoms with van der Waals surface area (Å²) in [5.74, 6) is -2.14. The van der Waals surface area contributed by atoms with Gasteiger partial charge in [0.15, 0.2) is 5.13 Å². The number of nitrogens with zero attached hydrogens (tertiary/aromatic N) is 3. The molecule has 0 aliphatic carbocycles. The number of carbonyl (C=O) groups excluding carboxylic acids is 1. The van der Waals surface area contributed by atoms with E-state index in [1.165, 1.54) is 16.2 Å². The van der Waals surface area contributed by atoms with Crippen molar-refractivity contribution in [1.29, 1.82) is 5.26 Å². The van der Waals surface area contributed by atoms with Crippen LogP contribution in [0, 0.1) is 17.2 Å². The Morgan fingerprint density at radius 3 is 2.57 bits per heavy atom. The van der Waals surface area contributed by atoms with Crippen LogP contribution in [0.3, 0.4) is 0 Å². The highest BCUT2D eigenvalue weighted by atomic mass is 35.5. The van der Waals surface area contributed by atoms with Crippen LogP contribution in [0.1, 0.15) is 17.5 Å². The van der Waals surface area contributed by atoms with Crippen molar-refractivity contribution in [2.75, 3.05) is 11.9 Å². The van der Waals surface area contributed by atoms with Crippen molar-refractivity contribution in [3.05, 3.63) is 70.1 Å². The van der Waals surface area contributed by atoms with Gasteiger partial charge in [-0.05, 0) is 30.2 Å². The van der Waals surface area contributed by atoms with Gasteiger partial charge in [0, 0.05) is 23.0 Å². The molecule has 6 nitrogen and oxygen atoms in total. The minimum Gasteiger partial charge on any atom is -0.481 e. The number of benzene rings is 2. The number of aliphatic carboxylic acids is 1. The van der Waals surface area contributed by atoms with Crippen molar-refractivity contribution >= 4 is 39.9 Å². The Hall–Kier alpha value is -3.21. The Labute approximate surface area is 183 Å². The molecule has 3 aromatic rings. The smallest absolute Gasteiger partial charge is 0.304 e. The van der Waals surface area contributed by atoms with Crippen LogP contribution < -0.4 is 4.90 Å². The van der Waals surface area contributed by atoms with E-state index in [0.29, 0.717) is 21.4 Å². The van der Waals surface area contributed by atoms with Crippen LogP contribution in [-0.2, 0) is 16.0 Å². The first-order chi connectivity index (χ1) is 14.4. The molecule has 1 unspecified atom stereocenters. The molecule has 3 rings (SSSR count). The second-order valence-electron chi connectivity index (χ2n) is 6.70. The fourth-order valence-corrected chi connectivity index (χ4v) is 4.06. The number of anilines is 1. The van der Waals surface area contributed by atoms with E-state index < -0.39 is 11.9 Å². The normalized spacial score (nSPS) is 11.5. The van der Waals surface area contributed by atoms with Crippen LogP contribution in [0.2, 0.25) is 5.02 Å². The summed E-state index contributed by atoms with van der Waals surface area (Å²) in [6, 6.07) is 16.1. The van der Waals surface area contributed by atoms with Gasteiger partial charge >= 0.3 is 5.97 Å². The van der Waals surface area contributed by atoms with Crippen molar-refractivity contribution in [3.63, 3.8) is 0 Å². The number of carboxylic acid groups (broad SMARTS) is 1. The molecular formula is C22H18ClN3O3S. The van der Waals surface area contributed by atoms with Crippen LogP contribution in [-0.4, -0.2) is 29.0 Å². The van der Waals surface area contributed by atoms with Crippen molar-refractivity contribution in [3.8, 4) is 17.3 Å². The van der Waals surface area contributed by atoms with Crippen molar-refractivity contribution < 1.29 is 14.7 Å². The van der Waals surface area contributed by atoms with Gasteiger partial charge in [-0.1, -0.05) is 41.9 Å². The average molecular weight is 440 g/mol. The molecule has 0 radical (unpaired) electrons. The van der Waals surface area contributed by atoms with Gasteiger partial charge in [-0.15, -0.1) is 11.3 Å². The number of halogens is 1. The van der Waals surface area contributed by atoms with Crippen molar-refractivity contribution in [2.24, 2.45) is 5.92 Å². The Balaban J connectivity index is 1.81. The lowest BCUT2D eigenvalue weighted by molar-refractivity contribution is -0.140. The number of aromatic nitrogens is 1. The Bertz CT molecular complexity index is 1110. The molecule has 152 valence electrons. The third kappa shape index (κ3) is 5.03. The zero-order valence-electron chi connectivity index (χ0n) is 16.1. The number of carbonyl (C=O) groups is 2. The molecule has 1 N–H and O–H groups in total. The minimum absolute atomic E-state index is 0.254. The molecule has 0 bridgehead atoms. The molecule has 8 heteroatoms. The SMILES string of the molecule is CN(C(=O)C(CC(=O)O)Cc1ccc(C#N)cc1)c1nc(-c2ccccc2Cl)cs1. The van der Waals surface area contributed by atoms with Gasteiger partial charge in [-0.3, -0.25) is 14.5 Å². The highest BCUT2D eigenvalue weighted by Crippen LogP contribution is 2.32. The van der Waals surface area contributed by atoms with Crippen LogP contribution in [0.25, 0.3) is 11.3 Å². The number of amides is 1. The predicted octanol–water partition coefficient (Wildman–Crippen LogP) is 4.63. The third-order valence-electron chi connectivity index (χ3n) is 4.59. The maximum atomic E-state index is 13.1. The molecule has 0 fully saturated rings. The molecule has 2 aromatic carbocycles. The number of carboxylic acids is 1. The van der Waals surface area contributed by atoms with E-state index in [0.717, 1.165) is 11.1 Å². The Morgan fingerprint density at radius 2 is 1.93 bits per heavy atom. The number of hydrogen-bond donors (Lipinski definition) is 1. The van der Waals surface area contributed by atoms with Crippen LogP contribution >= 0.6 is 22.9 Å². The number of hydrogen-bond acceptors (Lipinski definition) is 5. The average Bonchev–Trinajstić information content (AvgIpc) is 3.22. The first kappa shape index (κ1) is 21.5. The summed E-state index contributed by atoms with van der Waals surface area (Å²) in [5, 5.41) is 21.0. The molecule has 1 aromatic heterocycles. The minimum atomic E-state index is -1.05. The zero-order valence-corrected chi connectivity index (χ0v) is 17.7. The lowest BCUT2D eigenvalue weighted by Crippen LogP contribution is -2.35. The molecule has 30 heavy (non-hydrogen) atoms. The van der Waals surface area contributed by atoms with Gasteiger partial charge < -0.3 is 5.11 Å². The molecule has 0 aliphatic heterocycles. The number of nitriles is 1.